The monoisotopic (exact) mass is 376 g/mol. The predicted molar refractivity (Wildman–Crippen MR) is 99.7 cm³/mol. The molecule has 0 aliphatic rings. The topological polar surface area (TPSA) is 80.7 Å². The first-order valence-corrected chi connectivity index (χ1v) is 10.2. The summed E-state index contributed by atoms with van der Waals surface area (Å²) in [6.07, 6.45) is 6.54. The first-order chi connectivity index (χ1) is 12.4. The van der Waals surface area contributed by atoms with Gasteiger partial charge in [0.05, 0.1) is 4.90 Å². The van der Waals surface area contributed by atoms with E-state index >= 15 is 0 Å². The van der Waals surface area contributed by atoms with Gasteiger partial charge >= 0.3 is 5.97 Å². The van der Waals surface area contributed by atoms with Crippen LogP contribution in [0, 0.1) is 0 Å². The molecule has 26 heavy (non-hydrogen) atoms. The Labute approximate surface area is 154 Å². The van der Waals surface area contributed by atoms with Gasteiger partial charge < -0.3 is 4.74 Å². The fraction of sp³-hybridized carbons (Fsp3) is 0.350. The normalized spacial score (nSPS) is 11.3. The maximum Gasteiger partial charge on any atom is 0.311 e. The molecule has 0 aliphatic heterocycles. The molecular formula is C20H24O5S. The molecule has 0 saturated carbocycles. The van der Waals surface area contributed by atoms with Crippen LogP contribution in [0.15, 0.2) is 59.5 Å². The summed E-state index contributed by atoms with van der Waals surface area (Å²) in [5.74, 6) is -0.0702. The summed E-state index contributed by atoms with van der Waals surface area (Å²) in [5.41, 5.74) is 1.36. The zero-order chi connectivity index (χ0) is 18.8. The Morgan fingerprint density at radius 3 is 2.12 bits per heavy atom. The van der Waals surface area contributed by atoms with Crippen LogP contribution in [0.1, 0.15) is 44.1 Å². The second kappa shape index (κ2) is 10.1. The van der Waals surface area contributed by atoms with E-state index in [-0.39, 0.29) is 16.6 Å². The Balaban J connectivity index is 1.57. The van der Waals surface area contributed by atoms with Crippen molar-refractivity contribution in [3.63, 3.8) is 0 Å². The SMILES string of the molecule is O=C(CCCCCCCc1ccccc1)Oc1ccc(S(=O)(=O)O)cc1. The Kier molecular flexibility index (Phi) is 7.81. The molecule has 0 bridgehead atoms. The summed E-state index contributed by atoms with van der Waals surface area (Å²) < 4.78 is 35.9. The molecule has 0 radical (unpaired) electrons. The molecule has 0 atom stereocenters. The largest absolute Gasteiger partial charge is 0.427 e. The fourth-order valence-electron chi connectivity index (χ4n) is 2.64. The molecule has 0 aromatic heterocycles. The van der Waals surface area contributed by atoms with Crippen molar-refractivity contribution in [1.29, 1.82) is 0 Å². The minimum atomic E-state index is -4.23. The van der Waals surface area contributed by atoms with E-state index in [0.29, 0.717) is 6.42 Å². The van der Waals surface area contributed by atoms with Gasteiger partial charge in [0.1, 0.15) is 5.75 Å². The van der Waals surface area contributed by atoms with E-state index in [4.69, 9.17) is 9.29 Å². The molecule has 2 aromatic carbocycles. The van der Waals surface area contributed by atoms with E-state index < -0.39 is 10.1 Å². The van der Waals surface area contributed by atoms with Crippen molar-refractivity contribution in [2.75, 3.05) is 0 Å². The highest BCUT2D eigenvalue weighted by Crippen LogP contribution is 2.17. The lowest BCUT2D eigenvalue weighted by Gasteiger charge is -2.05. The number of benzene rings is 2. The average molecular weight is 376 g/mol. The fourth-order valence-corrected chi connectivity index (χ4v) is 3.12. The molecule has 5 nitrogen and oxygen atoms in total. The number of hydrogen-bond donors (Lipinski definition) is 1. The summed E-state index contributed by atoms with van der Waals surface area (Å²) >= 11 is 0. The van der Waals surface area contributed by atoms with Crippen LogP contribution in [-0.2, 0) is 21.3 Å². The molecule has 2 rings (SSSR count). The molecule has 0 spiro atoms. The maximum absolute atomic E-state index is 11.8. The van der Waals surface area contributed by atoms with Gasteiger partial charge in [-0.05, 0) is 49.1 Å². The summed E-state index contributed by atoms with van der Waals surface area (Å²) in [7, 11) is -4.23. The zero-order valence-corrected chi connectivity index (χ0v) is 15.5. The van der Waals surface area contributed by atoms with Crippen molar-refractivity contribution in [1.82, 2.24) is 0 Å². The summed E-state index contributed by atoms with van der Waals surface area (Å²) in [4.78, 5) is 11.5. The van der Waals surface area contributed by atoms with E-state index in [1.807, 2.05) is 6.07 Å². The van der Waals surface area contributed by atoms with Gasteiger partial charge in [0.2, 0.25) is 0 Å². The van der Waals surface area contributed by atoms with Gasteiger partial charge in [-0.25, -0.2) is 0 Å². The van der Waals surface area contributed by atoms with E-state index in [1.54, 1.807) is 0 Å². The van der Waals surface area contributed by atoms with Gasteiger partial charge in [-0.1, -0.05) is 49.6 Å². The Hall–Kier alpha value is -2.18. The highest BCUT2D eigenvalue weighted by molar-refractivity contribution is 7.85. The number of carbonyl (C=O) groups is 1. The third-order valence-electron chi connectivity index (χ3n) is 4.04. The third kappa shape index (κ3) is 7.37. The average Bonchev–Trinajstić information content (AvgIpc) is 2.61. The number of hydrogen-bond acceptors (Lipinski definition) is 4. The molecule has 0 amide bonds. The lowest BCUT2D eigenvalue weighted by molar-refractivity contribution is -0.134. The Morgan fingerprint density at radius 1 is 0.846 bits per heavy atom. The van der Waals surface area contributed by atoms with Crippen LogP contribution in [0.5, 0.6) is 5.75 Å². The van der Waals surface area contributed by atoms with Gasteiger partial charge in [0.15, 0.2) is 0 Å². The minimum absolute atomic E-state index is 0.229. The number of carbonyl (C=O) groups excluding carboxylic acids is 1. The van der Waals surface area contributed by atoms with Crippen LogP contribution in [0.3, 0.4) is 0 Å². The van der Waals surface area contributed by atoms with E-state index in [2.05, 4.69) is 24.3 Å². The lowest BCUT2D eigenvalue weighted by atomic mass is 10.1. The van der Waals surface area contributed by atoms with Crippen molar-refractivity contribution in [3.8, 4) is 5.75 Å². The molecule has 0 fully saturated rings. The van der Waals surface area contributed by atoms with E-state index in [1.165, 1.54) is 29.8 Å². The van der Waals surface area contributed by atoms with Crippen molar-refractivity contribution in [2.24, 2.45) is 0 Å². The van der Waals surface area contributed by atoms with Crippen LogP contribution in [0.4, 0.5) is 0 Å². The Morgan fingerprint density at radius 2 is 1.46 bits per heavy atom. The molecule has 1 N–H and O–H groups in total. The Bertz CT molecular complexity index is 783. The van der Waals surface area contributed by atoms with Gasteiger partial charge in [0.25, 0.3) is 10.1 Å². The number of ether oxygens (including phenoxy) is 1. The molecular weight excluding hydrogens is 352 g/mol. The van der Waals surface area contributed by atoms with Crippen LogP contribution in [-0.4, -0.2) is 18.9 Å². The molecule has 0 aliphatic carbocycles. The summed E-state index contributed by atoms with van der Waals surface area (Å²) in [6, 6.07) is 15.5. The smallest absolute Gasteiger partial charge is 0.311 e. The minimum Gasteiger partial charge on any atom is -0.427 e. The molecule has 2 aromatic rings. The molecule has 140 valence electrons. The van der Waals surface area contributed by atoms with Crippen molar-refractivity contribution < 1.29 is 22.5 Å². The van der Waals surface area contributed by atoms with Gasteiger partial charge in [-0.3, -0.25) is 9.35 Å². The molecule has 0 heterocycles. The first kappa shape index (κ1) is 20.1. The second-order valence-corrected chi connectivity index (χ2v) is 7.60. The van der Waals surface area contributed by atoms with Gasteiger partial charge in [-0.2, -0.15) is 8.42 Å². The van der Waals surface area contributed by atoms with Crippen LogP contribution >= 0.6 is 0 Å². The van der Waals surface area contributed by atoms with E-state index in [9.17, 15) is 13.2 Å². The quantitative estimate of drug-likeness (QED) is 0.287. The molecule has 0 unspecified atom stereocenters. The summed E-state index contributed by atoms with van der Waals surface area (Å²) in [5, 5.41) is 0. The number of aryl methyl sites for hydroxylation is 1. The first-order valence-electron chi connectivity index (χ1n) is 8.77. The van der Waals surface area contributed by atoms with Crippen LogP contribution in [0.25, 0.3) is 0 Å². The van der Waals surface area contributed by atoms with Crippen molar-refractivity contribution in [3.05, 3.63) is 60.2 Å². The van der Waals surface area contributed by atoms with Crippen molar-refractivity contribution in [2.45, 2.75) is 49.8 Å². The van der Waals surface area contributed by atoms with Crippen LogP contribution < -0.4 is 4.74 Å². The third-order valence-corrected chi connectivity index (χ3v) is 4.91. The number of unbranched alkanes of at least 4 members (excludes halogenated alkanes) is 4. The zero-order valence-electron chi connectivity index (χ0n) is 14.6. The molecule has 6 heteroatoms. The predicted octanol–water partition coefficient (Wildman–Crippen LogP) is 4.42. The highest BCUT2D eigenvalue weighted by Gasteiger charge is 2.10. The molecule has 0 saturated heterocycles. The van der Waals surface area contributed by atoms with E-state index in [0.717, 1.165) is 38.5 Å². The van der Waals surface area contributed by atoms with Gasteiger partial charge in [-0.15, -0.1) is 0 Å². The maximum atomic E-state index is 11.8. The number of esters is 1. The van der Waals surface area contributed by atoms with Crippen molar-refractivity contribution >= 4 is 16.1 Å². The van der Waals surface area contributed by atoms with Gasteiger partial charge in [0, 0.05) is 6.42 Å². The second-order valence-electron chi connectivity index (χ2n) is 6.17. The highest BCUT2D eigenvalue weighted by atomic mass is 32.2. The lowest BCUT2D eigenvalue weighted by Crippen LogP contribution is -2.07. The number of rotatable bonds is 10. The standard InChI is InChI=1S/C20H24O5S/c21-20(25-18-13-15-19(16-14-18)26(22,23)24)12-8-3-1-2-5-9-17-10-6-4-7-11-17/h4,6-7,10-11,13-16H,1-3,5,8-9,12H2,(H,22,23,24). The van der Waals surface area contributed by atoms with Crippen LogP contribution in [0.2, 0.25) is 0 Å². The summed E-state index contributed by atoms with van der Waals surface area (Å²) in [6.45, 7) is 0.